The first-order valence-corrected chi connectivity index (χ1v) is 10.7. The minimum absolute atomic E-state index is 0.136. The summed E-state index contributed by atoms with van der Waals surface area (Å²) in [6.45, 7) is 10.9. The number of nitrogens with zero attached hydrogens (tertiary/aromatic N) is 6. The van der Waals surface area contributed by atoms with E-state index >= 15 is 0 Å². The number of carbonyl (C=O) groups excluding carboxylic acids is 1. The zero-order valence-electron chi connectivity index (χ0n) is 18.5. The van der Waals surface area contributed by atoms with Gasteiger partial charge in [0.1, 0.15) is 11.6 Å². The highest BCUT2D eigenvalue weighted by atomic mass is 16.2. The Hall–Kier alpha value is -3.29. The monoisotopic (exact) mass is 420 g/mol. The topological polar surface area (TPSA) is 84.2 Å². The molecule has 2 aromatic heterocycles. The van der Waals surface area contributed by atoms with E-state index in [1.54, 1.807) is 12.1 Å². The molecule has 8 heteroatoms. The Morgan fingerprint density at radius 2 is 1.71 bits per heavy atom. The molecule has 1 amide bonds. The van der Waals surface area contributed by atoms with Crippen LogP contribution in [0.3, 0.4) is 0 Å². The maximum absolute atomic E-state index is 13.4. The number of aryl methyl sites for hydroxylation is 2. The fraction of sp³-hybridized carbons (Fsp3) is 0.435. The summed E-state index contributed by atoms with van der Waals surface area (Å²) in [7, 11) is 0. The second kappa shape index (κ2) is 8.45. The van der Waals surface area contributed by atoms with Crippen LogP contribution in [0.2, 0.25) is 0 Å². The Morgan fingerprint density at radius 1 is 1.03 bits per heavy atom. The van der Waals surface area contributed by atoms with Gasteiger partial charge in [-0.2, -0.15) is 5.10 Å². The number of piperazine rings is 1. The molecule has 8 nitrogen and oxygen atoms in total. The number of hydrogen-bond acceptors (Lipinski definition) is 6. The molecule has 3 aromatic rings. The molecular formula is C23H28N6O2. The van der Waals surface area contributed by atoms with E-state index in [-0.39, 0.29) is 17.4 Å². The van der Waals surface area contributed by atoms with Crippen LogP contribution in [0.4, 0.5) is 5.82 Å². The van der Waals surface area contributed by atoms with E-state index in [1.165, 1.54) is 4.68 Å². The van der Waals surface area contributed by atoms with Crippen molar-refractivity contribution in [2.75, 3.05) is 31.1 Å². The molecule has 0 aliphatic carbocycles. The van der Waals surface area contributed by atoms with Crippen molar-refractivity contribution in [3.63, 3.8) is 0 Å². The van der Waals surface area contributed by atoms with Crippen molar-refractivity contribution in [3.05, 3.63) is 57.9 Å². The average Bonchev–Trinajstić information content (AvgIpc) is 2.74. The molecule has 1 fully saturated rings. The molecule has 1 aliphatic rings. The van der Waals surface area contributed by atoms with Crippen LogP contribution in [0.5, 0.6) is 0 Å². The minimum atomic E-state index is -0.153. The van der Waals surface area contributed by atoms with Crippen LogP contribution in [0.25, 0.3) is 10.8 Å². The number of anilines is 1. The normalized spacial score (nSPS) is 14.5. The van der Waals surface area contributed by atoms with Gasteiger partial charge in [0.15, 0.2) is 5.69 Å². The molecule has 0 N–H and O–H groups in total. The maximum Gasteiger partial charge on any atom is 0.275 e. The van der Waals surface area contributed by atoms with Gasteiger partial charge in [0, 0.05) is 49.9 Å². The summed E-state index contributed by atoms with van der Waals surface area (Å²) in [4.78, 5) is 39.1. The van der Waals surface area contributed by atoms with Crippen LogP contribution in [0.1, 0.15) is 35.9 Å². The number of aromatic nitrogens is 4. The molecule has 4 rings (SSSR count). The fourth-order valence-electron chi connectivity index (χ4n) is 4.01. The summed E-state index contributed by atoms with van der Waals surface area (Å²) >= 11 is 0. The zero-order chi connectivity index (χ0) is 22.1. The fourth-order valence-corrected chi connectivity index (χ4v) is 4.01. The average molecular weight is 421 g/mol. The van der Waals surface area contributed by atoms with Crippen molar-refractivity contribution >= 4 is 22.5 Å². The molecule has 1 aromatic carbocycles. The third-order valence-corrected chi connectivity index (χ3v) is 5.45. The first kappa shape index (κ1) is 21.0. The molecule has 1 aliphatic heterocycles. The first-order chi connectivity index (χ1) is 14.8. The van der Waals surface area contributed by atoms with Gasteiger partial charge >= 0.3 is 0 Å². The van der Waals surface area contributed by atoms with Crippen LogP contribution in [0, 0.1) is 19.8 Å². The Labute approximate surface area is 181 Å². The summed E-state index contributed by atoms with van der Waals surface area (Å²) in [5.41, 5.74) is 1.13. The van der Waals surface area contributed by atoms with E-state index in [4.69, 9.17) is 0 Å². The second-order valence-electron chi connectivity index (χ2n) is 8.47. The van der Waals surface area contributed by atoms with Crippen LogP contribution in [-0.4, -0.2) is 56.7 Å². The highest BCUT2D eigenvalue weighted by molar-refractivity contribution is 6.04. The van der Waals surface area contributed by atoms with E-state index in [2.05, 4.69) is 20.0 Å². The molecule has 31 heavy (non-hydrogen) atoms. The van der Waals surface area contributed by atoms with Crippen molar-refractivity contribution < 1.29 is 4.79 Å². The predicted molar refractivity (Wildman–Crippen MR) is 120 cm³/mol. The Kier molecular flexibility index (Phi) is 5.71. The van der Waals surface area contributed by atoms with E-state index < -0.39 is 0 Å². The molecule has 0 saturated carbocycles. The highest BCUT2D eigenvalue weighted by Crippen LogP contribution is 2.19. The van der Waals surface area contributed by atoms with Gasteiger partial charge < -0.3 is 9.80 Å². The van der Waals surface area contributed by atoms with Crippen molar-refractivity contribution in [2.24, 2.45) is 5.92 Å². The molecule has 0 unspecified atom stereocenters. The third kappa shape index (κ3) is 4.28. The number of fused-ring (bicyclic) bond motifs is 1. The Morgan fingerprint density at radius 3 is 2.35 bits per heavy atom. The van der Waals surface area contributed by atoms with Crippen molar-refractivity contribution in [3.8, 4) is 0 Å². The summed E-state index contributed by atoms with van der Waals surface area (Å²) in [6, 6.07) is 9.21. The molecular weight excluding hydrogens is 392 g/mol. The number of amides is 1. The minimum Gasteiger partial charge on any atom is -0.353 e. The lowest BCUT2D eigenvalue weighted by atomic mass is 10.1. The Balaban J connectivity index is 1.60. The lowest BCUT2D eigenvalue weighted by Crippen LogP contribution is -2.49. The SMILES string of the molecule is Cc1cc(N2CCN(C(=O)c3nn(CC(C)C)c(=O)c4ccccc34)CC2)nc(C)n1. The van der Waals surface area contributed by atoms with Crippen molar-refractivity contribution in [2.45, 2.75) is 34.2 Å². The maximum atomic E-state index is 13.4. The van der Waals surface area contributed by atoms with Gasteiger partial charge in [-0.1, -0.05) is 32.0 Å². The largest absolute Gasteiger partial charge is 0.353 e. The Bertz CT molecular complexity index is 1160. The summed E-state index contributed by atoms with van der Waals surface area (Å²) in [5, 5.41) is 5.64. The molecule has 0 bridgehead atoms. The number of rotatable bonds is 4. The van der Waals surface area contributed by atoms with E-state index in [0.29, 0.717) is 49.2 Å². The standard InChI is InChI=1S/C23H28N6O2/c1-15(2)14-29-22(30)19-8-6-5-7-18(19)21(26-29)23(31)28-11-9-27(10-12-28)20-13-16(3)24-17(4)25-20/h5-8,13,15H,9-12,14H2,1-4H3. The predicted octanol–water partition coefficient (Wildman–Crippen LogP) is 2.42. The van der Waals surface area contributed by atoms with Gasteiger partial charge in [-0.05, 0) is 25.8 Å². The number of carbonyl (C=O) groups is 1. The van der Waals surface area contributed by atoms with Crippen LogP contribution in [0.15, 0.2) is 35.1 Å². The number of benzene rings is 1. The zero-order valence-corrected chi connectivity index (χ0v) is 18.5. The second-order valence-corrected chi connectivity index (χ2v) is 8.47. The molecule has 3 heterocycles. The molecule has 1 saturated heterocycles. The summed E-state index contributed by atoms with van der Waals surface area (Å²) < 4.78 is 1.43. The highest BCUT2D eigenvalue weighted by Gasteiger charge is 2.26. The van der Waals surface area contributed by atoms with Crippen molar-refractivity contribution in [1.29, 1.82) is 0 Å². The first-order valence-electron chi connectivity index (χ1n) is 10.7. The van der Waals surface area contributed by atoms with E-state index in [0.717, 1.165) is 17.3 Å². The lowest BCUT2D eigenvalue weighted by molar-refractivity contribution is 0.0739. The van der Waals surface area contributed by atoms with Crippen LogP contribution in [-0.2, 0) is 6.54 Å². The van der Waals surface area contributed by atoms with Gasteiger partial charge in [0.05, 0.1) is 5.39 Å². The van der Waals surface area contributed by atoms with Gasteiger partial charge in [-0.3, -0.25) is 9.59 Å². The smallest absolute Gasteiger partial charge is 0.275 e. The third-order valence-electron chi connectivity index (χ3n) is 5.45. The van der Waals surface area contributed by atoms with Gasteiger partial charge in [0.25, 0.3) is 11.5 Å². The van der Waals surface area contributed by atoms with Crippen LogP contribution >= 0.6 is 0 Å². The molecule has 0 spiro atoms. The summed E-state index contributed by atoms with van der Waals surface area (Å²) in [5.74, 6) is 1.75. The lowest BCUT2D eigenvalue weighted by Gasteiger charge is -2.35. The van der Waals surface area contributed by atoms with E-state index in [1.807, 2.05) is 50.8 Å². The molecule has 162 valence electrons. The van der Waals surface area contributed by atoms with Gasteiger partial charge in [-0.25, -0.2) is 14.6 Å². The summed E-state index contributed by atoms with van der Waals surface area (Å²) in [6.07, 6.45) is 0. The molecule has 0 atom stereocenters. The quantitative estimate of drug-likeness (QED) is 0.645. The number of hydrogen-bond donors (Lipinski definition) is 0. The van der Waals surface area contributed by atoms with Crippen molar-refractivity contribution in [1.82, 2.24) is 24.6 Å². The molecule has 0 radical (unpaired) electrons. The van der Waals surface area contributed by atoms with E-state index in [9.17, 15) is 9.59 Å². The van der Waals surface area contributed by atoms with Gasteiger partial charge in [0.2, 0.25) is 0 Å². The van der Waals surface area contributed by atoms with Crippen LogP contribution < -0.4 is 10.5 Å². The van der Waals surface area contributed by atoms with Gasteiger partial charge in [-0.15, -0.1) is 0 Å².